The van der Waals surface area contributed by atoms with Crippen molar-refractivity contribution in [1.82, 2.24) is 0 Å². The summed E-state index contributed by atoms with van der Waals surface area (Å²) in [5.74, 6) is 0. The Bertz CT molecular complexity index is 38.7. The standard InChI is InChI=1S/C4H11O2P/c1-4(5)2-3-6-7/h4-5H,2-3,7H2,1H3/t4-/m1/s1. The molecule has 0 saturated heterocycles. The number of rotatable bonds is 3. The normalized spacial score (nSPS) is 14.1. The van der Waals surface area contributed by atoms with Crippen LogP contribution in [0.15, 0.2) is 0 Å². The highest BCUT2D eigenvalue weighted by Gasteiger charge is 1.90. The Morgan fingerprint density at radius 3 is 2.57 bits per heavy atom. The van der Waals surface area contributed by atoms with Crippen molar-refractivity contribution in [3.63, 3.8) is 0 Å². The van der Waals surface area contributed by atoms with E-state index >= 15 is 0 Å². The van der Waals surface area contributed by atoms with E-state index in [1.165, 1.54) is 0 Å². The van der Waals surface area contributed by atoms with Gasteiger partial charge in [-0.15, -0.1) is 0 Å². The number of aliphatic hydroxyl groups excluding tert-OH is 1. The molecule has 44 valence electrons. The highest BCUT2D eigenvalue weighted by molar-refractivity contribution is 7.09. The molecule has 0 aromatic rings. The van der Waals surface area contributed by atoms with Crippen LogP contribution in [0.4, 0.5) is 0 Å². The zero-order valence-corrected chi connectivity index (χ0v) is 5.58. The molecule has 0 fully saturated rings. The van der Waals surface area contributed by atoms with Gasteiger partial charge in [0.05, 0.1) is 12.7 Å². The van der Waals surface area contributed by atoms with Crippen LogP contribution in [0, 0.1) is 0 Å². The number of hydrogen-bond donors (Lipinski definition) is 1. The van der Waals surface area contributed by atoms with Crippen LogP contribution in [-0.2, 0) is 4.52 Å². The lowest BCUT2D eigenvalue weighted by molar-refractivity contribution is 0.162. The summed E-state index contributed by atoms with van der Waals surface area (Å²) in [6.45, 7) is 2.35. The second-order valence-corrected chi connectivity index (χ2v) is 1.84. The van der Waals surface area contributed by atoms with E-state index in [2.05, 4.69) is 14.0 Å². The van der Waals surface area contributed by atoms with Crippen molar-refractivity contribution in [2.24, 2.45) is 0 Å². The molecule has 3 heteroatoms. The van der Waals surface area contributed by atoms with Gasteiger partial charge in [-0.3, -0.25) is 0 Å². The summed E-state index contributed by atoms with van der Waals surface area (Å²) in [4.78, 5) is 0. The Hall–Kier alpha value is 0.350. The van der Waals surface area contributed by atoms with Gasteiger partial charge in [-0.1, -0.05) is 0 Å². The van der Waals surface area contributed by atoms with Gasteiger partial charge in [0, 0.05) is 9.47 Å². The summed E-state index contributed by atoms with van der Waals surface area (Å²) in [5.41, 5.74) is 0. The molecule has 0 aromatic heterocycles. The smallest absolute Gasteiger partial charge is 0.0534 e. The molecule has 0 radical (unpaired) electrons. The van der Waals surface area contributed by atoms with Crippen LogP contribution in [-0.4, -0.2) is 17.8 Å². The first-order chi connectivity index (χ1) is 3.27. The topological polar surface area (TPSA) is 29.5 Å². The van der Waals surface area contributed by atoms with Crippen molar-refractivity contribution in [2.75, 3.05) is 6.61 Å². The van der Waals surface area contributed by atoms with Gasteiger partial charge in [-0.05, 0) is 13.3 Å². The van der Waals surface area contributed by atoms with Gasteiger partial charge in [-0.25, -0.2) is 0 Å². The van der Waals surface area contributed by atoms with E-state index in [0.717, 1.165) is 0 Å². The van der Waals surface area contributed by atoms with Crippen LogP contribution in [0.3, 0.4) is 0 Å². The maximum atomic E-state index is 8.59. The quantitative estimate of drug-likeness (QED) is 0.554. The molecule has 0 bridgehead atoms. The predicted molar refractivity (Wildman–Crippen MR) is 32.0 cm³/mol. The third kappa shape index (κ3) is 6.35. The highest BCUT2D eigenvalue weighted by atomic mass is 31.0. The minimum absolute atomic E-state index is 0.236. The monoisotopic (exact) mass is 122 g/mol. The van der Waals surface area contributed by atoms with Crippen molar-refractivity contribution in [3.8, 4) is 0 Å². The Morgan fingerprint density at radius 2 is 2.43 bits per heavy atom. The summed E-state index contributed by atoms with van der Waals surface area (Å²) in [6.07, 6.45) is 0.476. The summed E-state index contributed by atoms with van der Waals surface area (Å²) in [6, 6.07) is 0. The Morgan fingerprint density at radius 1 is 1.86 bits per heavy atom. The zero-order chi connectivity index (χ0) is 5.70. The summed E-state index contributed by atoms with van der Waals surface area (Å²) < 4.78 is 4.61. The van der Waals surface area contributed by atoms with E-state index in [1.807, 2.05) is 0 Å². The largest absolute Gasteiger partial charge is 0.393 e. The summed E-state index contributed by atoms with van der Waals surface area (Å²) >= 11 is 0. The molecule has 1 unspecified atom stereocenters. The first-order valence-corrected chi connectivity index (χ1v) is 2.74. The zero-order valence-electron chi connectivity index (χ0n) is 4.42. The average Bonchev–Trinajstić information content (AvgIpc) is 1.61. The van der Waals surface area contributed by atoms with Gasteiger partial charge in [0.1, 0.15) is 0 Å². The molecule has 0 heterocycles. The van der Waals surface area contributed by atoms with Crippen LogP contribution < -0.4 is 0 Å². The van der Waals surface area contributed by atoms with Crippen molar-refractivity contribution in [2.45, 2.75) is 19.4 Å². The van der Waals surface area contributed by atoms with Gasteiger partial charge in [0.25, 0.3) is 0 Å². The van der Waals surface area contributed by atoms with Crippen LogP contribution in [0.25, 0.3) is 0 Å². The average molecular weight is 122 g/mol. The van der Waals surface area contributed by atoms with Crippen molar-refractivity contribution >= 4 is 9.47 Å². The molecule has 0 aliphatic carbocycles. The van der Waals surface area contributed by atoms with Gasteiger partial charge in [0.2, 0.25) is 0 Å². The lowest BCUT2D eigenvalue weighted by atomic mass is 10.3. The third-order valence-corrected chi connectivity index (χ3v) is 0.889. The maximum Gasteiger partial charge on any atom is 0.0534 e. The fraction of sp³-hybridized carbons (Fsp3) is 1.00. The highest BCUT2D eigenvalue weighted by Crippen LogP contribution is 1.92. The minimum atomic E-state index is -0.236. The molecule has 0 spiro atoms. The van der Waals surface area contributed by atoms with Gasteiger partial charge in [-0.2, -0.15) is 0 Å². The molecular weight excluding hydrogens is 111 g/mol. The molecule has 2 atom stereocenters. The molecule has 0 rings (SSSR count). The summed E-state index contributed by atoms with van der Waals surface area (Å²) in [7, 11) is 2.13. The van der Waals surface area contributed by atoms with Gasteiger partial charge in [0.15, 0.2) is 0 Å². The summed E-state index contributed by atoms with van der Waals surface area (Å²) in [5, 5.41) is 8.59. The van der Waals surface area contributed by atoms with E-state index in [4.69, 9.17) is 5.11 Å². The van der Waals surface area contributed by atoms with E-state index < -0.39 is 0 Å². The molecule has 0 saturated carbocycles. The van der Waals surface area contributed by atoms with Gasteiger partial charge < -0.3 is 9.63 Å². The molecule has 0 amide bonds. The maximum absolute atomic E-state index is 8.59. The molecule has 7 heavy (non-hydrogen) atoms. The SMILES string of the molecule is C[C@@H](O)CCOP. The van der Waals surface area contributed by atoms with Crippen LogP contribution in [0.2, 0.25) is 0 Å². The van der Waals surface area contributed by atoms with Crippen LogP contribution in [0.1, 0.15) is 13.3 Å². The first kappa shape index (κ1) is 7.35. The van der Waals surface area contributed by atoms with E-state index in [-0.39, 0.29) is 6.10 Å². The molecule has 1 N–H and O–H groups in total. The molecule has 0 aromatic carbocycles. The predicted octanol–water partition coefficient (Wildman–Crippen LogP) is 0.564. The Kier molecular flexibility index (Phi) is 4.73. The Balaban J connectivity index is 2.68. The molecular formula is C4H11O2P. The second kappa shape index (κ2) is 4.51. The van der Waals surface area contributed by atoms with E-state index in [9.17, 15) is 0 Å². The van der Waals surface area contributed by atoms with Crippen molar-refractivity contribution in [1.29, 1.82) is 0 Å². The lowest BCUT2D eigenvalue weighted by Crippen LogP contribution is -2.01. The number of hydrogen-bond acceptors (Lipinski definition) is 2. The van der Waals surface area contributed by atoms with E-state index in [0.29, 0.717) is 13.0 Å². The number of aliphatic hydroxyl groups is 1. The fourth-order valence-electron chi connectivity index (χ4n) is 0.239. The minimum Gasteiger partial charge on any atom is -0.393 e. The molecule has 0 aliphatic rings. The third-order valence-electron chi connectivity index (χ3n) is 0.653. The van der Waals surface area contributed by atoms with Crippen LogP contribution in [0.5, 0.6) is 0 Å². The van der Waals surface area contributed by atoms with E-state index in [1.54, 1.807) is 6.92 Å². The second-order valence-electron chi connectivity index (χ2n) is 1.51. The first-order valence-electron chi connectivity index (χ1n) is 2.27. The molecule has 2 nitrogen and oxygen atoms in total. The van der Waals surface area contributed by atoms with Crippen molar-refractivity contribution in [3.05, 3.63) is 0 Å². The molecule has 0 aliphatic heterocycles. The van der Waals surface area contributed by atoms with Crippen molar-refractivity contribution < 1.29 is 9.63 Å². The lowest BCUT2D eigenvalue weighted by Gasteiger charge is -1.99. The Labute approximate surface area is 46.2 Å². The van der Waals surface area contributed by atoms with Gasteiger partial charge >= 0.3 is 0 Å². The van der Waals surface area contributed by atoms with Crippen LogP contribution >= 0.6 is 9.47 Å². The fourth-order valence-corrected chi connectivity index (χ4v) is 0.375.